The first kappa shape index (κ1) is 6.11. The van der Waals surface area contributed by atoms with Gasteiger partial charge in [-0.2, -0.15) is 0 Å². The number of ether oxygens (including phenoxy) is 1. The van der Waals surface area contributed by atoms with Crippen molar-refractivity contribution in [3.63, 3.8) is 0 Å². The first-order chi connectivity index (χ1) is 3.80. The van der Waals surface area contributed by atoms with E-state index in [-0.39, 0.29) is 11.2 Å². The zero-order valence-corrected chi connectivity index (χ0v) is 5.36. The Balaban J connectivity index is 2.35. The highest BCUT2D eigenvalue weighted by Gasteiger charge is 2.19. The van der Waals surface area contributed by atoms with E-state index in [1.807, 2.05) is 0 Å². The second-order valence-corrected chi connectivity index (χ2v) is 2.28. The Hall–Kier alpha value is -0.0200. The highest BCUT2D eigenvalue weighted by molar-refractivity contribution is 7.96. The van der Waals surface area contributed by atoms with Crippen molar-refractivity contribution >= 4 is 17.7 Å². The third-order valence-corrected chi connectivity index (χ3v) is 1.49. The smallest absolute Gasteiger partial charge is 0.214 e. The van der Waals surface area contributed by atoms with Crippen LogP contribution in [0.4, 0.5) is 0 Å². The van der Waals surface area contributed by atoms with Gasteiger partial charge in [0.2, 0.25) is 5.12 Å². The molecule has 0 aliphatic carbocycles. The maximum absolute atomic E-state index is 10.4. The molecule has 8 heavy (non-hydrogen) atoms. The van der Waals surface area contributed by atoms with Crippen molar-refractivity contribution in [2.45, 2.75) is 18.9 Å². The summed E-state index contributed by atoms with van der Waals surface area (Å²) in [5.74, 6) is 0. The van der Waals surface area contributed by atoms with E-state index in [1.165, 1.54) is 0 Å². The lowest BCUT2D eigenvalue weighted by Crippen LogP contribution is -2.12. The van der Waals surface area contributed by atoms with Crippen LogP contribution in [0.1, 0.15) is 12.8 Å². The molecule has 46 valence electrons. The highest BCUT2D eigenvalue weighted by atomic mass is 32.1. The Morgan fingerprint density at radius 1 is 1.75 bits per heavy atom. The third kappa shape index (κ3) is 1.23. The summed E-state index contributed by atoms with van der Waals surface area (Å²) in [6, 6.07) is 0. The fraction of sp³-hybridized carbons (Fsp3) is 0.800. The fourth-order valence-electron chi connectivity index (χ4n) is 0.772. The van der Waals surface area contributed by atoms with Gasteiger partial charge >= 0.3 is 0 Å². The van der Waals surface area contributed by atoms with E-state index >= 15 is 0 Å². The number of carbonyl (C=O) groups excluding carboxylic acids is 1. The van der Waals surface area contributed by atoms with Crippen LogP contribution in [0.3, 0.4) is 0 Å². The van der Waals surface area contributed by atoms with E-state index in [0.717, 1.165) is 19.4 Å². The zero-order valence-electron chi connectivity index (χ0n) is 4.46. The lowest BCUT2D eigenvalue weighted by atomic mass is 10.3. The minimum atomic E-state index is -0.210. The average molecular weight is 132 g/mol. The van der Waals surface area contributed by atoms with Crippen molar-refractivity contribution in [2.75, 3.05) is 6.61 Å². The van der Waals surface area contributed by atoms with E-state index in [0.29, 0.717) is 0 Å². The topological polar surface area (TPSA) is 26.3 Å². The molecule has 1 aliphatic heterocycles. The monoisotopic (exact) mass is 132 g/mol. The lowest BCUT2D eigenvalue weighted by molar-refractivity contribution is -0.118. The quantitative estimate of drug-likeness (QED) is 0.529. The van der Waals surface area contributed by atoms with Gasteiger partial charge in [-0.3, -0.25) is 4.79 Å². The lowest BCUT2D eigenvalue weighted by Gasteiger charge is -1.99. The van der Waals surface area contributed by atoms with Gasteiger partial charge in [0, 0.05) is 6.61 Å². The van der Waals surface area contributed by atoms with Gasteiger partial charge in [-0.1, -0.05) is 0 Å². The minimum Gasteiger partial charge on any atom is -0.369 e. The van der Waals surface area contributed by atoms with Gasteiger partial charge in [-0.15, -0.1) is 12.6 Å². The normalized spacial score (nSPS) is 28.4. The van der Waals surface area contributed by atoms with Crippen molar-refractivity contribution in [1.29, 1.82) is 0 Å². The molecule has 3 heteroatoms. The van der Waals surface area contributed by atoms with Gasteiger partial charge in [-0.25, -0.2) is 0 Å². The SMILES string of the molecule is O=C(S)[C@@H]1CCCO1. The van der Waals surface area contributed by atoms with Crippen molar-refractivity contribution in [3.05, 3.63) is 0 Å². The summed E-state index contributed by atoms with van der Waals surface area (Å²) in [6.07, 6.45) is 1.64. The number of hydrogen-bond acceptors (Lipinski definition) is 2. The Morgan fingerprint density at radius 3 is 2.75 bits per heavy atom. The second-order valence-electron chi connectivity index (χ2n) is 1.84. The molecule has 1 rings (SSSR count). The molecule has 0 bridgehead atoms. The summed E-state index contributed by atoms with van der Waals surface area (Å²) in [7, 11) is 0. The van der Waals surface area contributed by atoms with Crippen LogP contribution in [-0.4, -0.2) is 17.8 Å². The van der Waals surface area contributed by atoms with Gasteiger partial charge in [0.1, 0.15) is 6.10 Å². The van der Waals surface area contributed by atoms with Crippen LogP contribution in [0.15, 0.2) is 0 Å². The molecular formula is C5H8O2S. The molecule has 0 spiro atoms. The van der Waals surface area contributed by atoms with Gasteiger partial charge < -0.3 is 4.74 Å². The molecule has 1 aliphatic rings. The van der Waals surface area contributed by atoms with Gasteiger partial charge in [0.25, 0.3) is 0 Å². The molecule has 0 unspecified atom stereocenters. The Bertz CT molecular complexity index is 96.6. The molecule has 1 heterocycles. The van der Waals surface area contributed by atoms with Crippen LogP contribution in [0, 0.1) is 0 Å². The largest absolute Gasteiger partial charge is 0.369 e. The second kappa shape index (κ2) is 2.51. The minimum absolute atomic E-state index is 0.137. The maximum Gasteiger partial charge on any atom is 0.214 e. The van der Waals surface area contributed by atoms with Gasteiger partial charge in [0.05, 0.1) is 0 Å². The van der Waals surface area contributed by atoms with Crippen LogP contribution in [0.2, 0.25) is 0 Å². The van der Waals surface area contributed by atoms with Crippen LogP contribution in [0.25, 0.3) is 0 Å². The van der Waals surface area contributed by atoms with Crippen molar-refractivity contribution in [2.24, 2.45) is 0 Å². The van der Waals surface area contributed by atoms with Crippen LogP contribution < -0.4 is 0 Å². The number of carbonyl (C=O) groups is 1. The molecule has 1 saturated heterocycles. The standard InChI is InChI=1S/C5H8O2S/c6-5(8)4-2-1-3-7-4/h4H,1-3H2,(H,6,8)/t4-/m0/s1. The van der Waals surface area contributed by atoms with Gasteiger partial charge in [0.15, 0.2) is 0 Å². The molecule has 0 N–H and O–H groups in total. The van der Waals surface area contributed by atoms with Crippen LogP contribution in [-0.2, 0) is 9.53 Å². The molecule has 1 fully saturated rings. The Labute approximate surface area is 53.6 Å². The van der Waals surface area contributed by atoms with Crippen LogP contribution >= 0.6 is 12.6 Å². The van der Waals surface area contributed by atoms with Gasteiger partial charge in [-0.05, 0) is 12.8 Å². The van der Waals surface area contributed by atoms with Crippen molar-refractivity contribution in [3.8, 4) is 0 Å². The fourth-order valence-corrected chi connectivity index (χ4v) is 0.976. The molecule has 0 radical (unpaired) electrons. The summed E-state index contributed by atoms with van der Waals surface area (Å²) in [5.41, 5.74) is 0. The van der Waals surface area contributed by atoms with Crippen molar-refractivity contribution < 1.29 is 9.53 Å². The maximum atomic E-state index is 10.4. The molecule has 0 aromatic heterocycles. The van der Waals surface area contributed by atoms with E-state index in [1.54, 1.807) is 0 Å². The van der Waals surface area contributed by atoms with Crippen molar-refractivity contribution in [1.82, 2.24) is 0 Å². The molecule has 2 nitrogen and oxygen atoms in total. The third-order valence-electron chi connectivity index (χ3n) is 1.21. The zero-order chi connectivity index (χ0) is 5.98. The number of rotatable bonds is 1. The summed E-state index contributed by atoms with van der Waals surface area (Å²) in [5, 5.41) is -0.137. The molecule has 1 atom stereocenters. The predicted molar refractivity (Wildman–Crippen MR) is 33.0 cm³/mol. The molecular weight excluding hydrogens is 124 g/mol. The Kier molecular flexibility index (Phi) is 1.91. The Morgan fingerprint density at radius 2 is 2.50 bits per heavy atom. The predicted octanol–water partition coefficient (Wildman–Crippen LogP) is 0.622. The number of thiol groups is 1. The van der Waals surface area contributed by atoms with E-state index in [9.17, 15) is 4.79 Å². The molecule has 0 amide bonds. The van der Waals surface area contributed by atoms with E-state index in [2.05, 4.69) is 12.6 Å². The molecule has 0 aromatic rings. The summed E-state index contributed by atoms with van der Waals surface area (Å²) >= 11 is 3.63. The highest BCUT2D eigenvalue weighted by Crippen LogP contribution is 2.13. The molecule has 0 aromatic carbocycles. The average Bonchev–Trinajstić information content (AvgIpc) is 2.12. The number of hydrogen-bond donors (Lipinski definition) is 1. The summed E-state index contributed by atoms with van der Waals surface area (Å²) in [6.45, 7) is 0.719. The van der Waals surface area contributed by atoms with E-state index < -0.39 is 0 Å². The van der Waals surface area contributed by atoms with E-state index in [4.69, 9.17) is 4.74 Å². The van der Waals surface area contributed by atoms with Crippen LogP contribution in [0.5, 0.6) is 0 Å². The molecule has 0 saturated carbocycles. The summed E-state index contributed by atoms with van der Waals surface area (Å²) in [4.78, 5) is 10.4. The summed E-state index contributed by atoms with van der Waals surface area (Å²) < 4.78 is 4.99. The first-order valence-electron chi connectivity index (χ1n) is 2.65. The first-order valence-corrected chi connectivity index (χ1v) is 3.10.